The van der Waals surface area contributed by atoms with Gasteiger partial charge in [0.25, 0.3) is 0 Å². The number of hydrogen-bond donors (Lipinski definition) is 1. The van der Waals surface area contributed by atoms with E-state index in [4.69, 9.17) is 9.84 Å². The van der Waals surface area contributed by atoms with Crippen LogP contribution in [0, 0.1) is 0 Å². The van der Waals surface area contributed by atoms with Gasteiger partial charge in [0.05, 0.1) is 0 Å². The van der Waals surface area contributed by atoms with Crippen LogP contribution >= 0.6 is 15.9 Å². The highest BCUT2D eigenvalue weighted by Gasteiger charge is 2.15. The Bertz CT molecular complexity index is 401. The fourth-order valence-corrected chi connectivity index (χ4v) is 2.37. The van der Waals surface area contributed by atoms with Crippen LogP contribution in [0.2, 0.25) is 25.7 Å². The van der Waals surface area contributed by atoms with Gasteiger partial charge in [0.2, 0.25) is 5.82 Å². The van der Waals surface area contributed by atoms with E-state index in [0.717, 1.165) is 6.04 Å². The molecule has 5 nitrogen and oxygen atoms in total. The van der Waals surface area contributed by atoms with Gasteiger partial charge in [-0.05, 0) is 22.0 Å². The van der Waals surface area contributed by atoms with Crippen LogP contribution in [0.1, 0.15) is 10.6 Å². The van der Waals surface area contributed by atoms with E-state index in [1.807, 2.05) is 0 Å². The van der Waals surface area contributed by atoms with Crippen LogP contribution in [0.4, 0.5) is 0 Å². The number of rotatable bonds is 6. The van der Waals surface area contributed by atoms with Crippen LogP contribution in [0.25, 0.3) is 0 Å². The van der Waals surface area contributed by atoms with Gasteiger partial charge in [-0.1, -0.05) is 19.6 Å². The lowest BCUT2D eigenvalue weighted by atomic mass is 10.6. The first kappa shape index (κ1) is 14.4. The van der Waals surface area contributed by atoms with Crippen LogP contribution in [0.15, 0.2) is 10.8 Å². The molecule has 0 saturated heterocycles. The van der Waals surface area contributed by atoms with Crippen LogP contribution in [-0.4, -0.2) is 35.3 Å². The summed E-state index contributed by atoms with van der Waals surface area (Å²) in [6.07, 6.45) is 1.61. The van der Waals surface area contributed by atoms with Crippen molar-refractivity contribution in [1.82, 2.24) is 9.55 Å². The summed E-state index contributed by atoms with van der Waals surface area (Å²) < 4.78 is 7.46. The van der Waals surface area contributed by atoms with Crippen LogP contribution in [-0.2, 0) is 11.5 Å². The number of carbonyl (C=O) groups is 1. The van der Waals surface area contributed by atoms with Gasteiger partial charge in [0.15, 0.2) is 0 Å². The smallest absolute Gasteiger partial charge is 0.372 e. The van der Waals surface area contributed by atoms with Crippen LogP contribution in [0.5, 0.6) is 0 Å². The molecule has 1 heterocycles. The Morgan fingerprint density at radius 3 is 2.76 bits per heavy atom. The fraction of sp³-hybridized carbons (Fsp3) is 0.600. The average Bonchev–Trinajstić information content (AvgIpc) is 2.53. The summed E-state index contributed by atoms with van der Waals surface area (Å²) in [6, 6.07) is 1.06. The highest BCUT2D eigenvalue weighted by molar-refractivity contribution is 9.10. The van der Waals surface area contributed by atoms with Gasteiger partial charge >= 0.3 is 5.97 Å². The SMILES string of the molecule is C[Si](C)(C)CCOCn1cc(Br)nc1C(=O)O. The van der Waals surface area contributed by atoms with Gasteiger partial charge < -0.3 is 14.4 Å². The van der Waals surface area contributed by atoms with E-state index in [1.54, 1.807) is 6.20 Å². The molecule has 0 aliphatic rings. The molecule has 96 valence electrons. The Kier molecular flexibility index (Phi) is 4.90. The van der Waals surface area contributed by atoms with Crippen LogP contribution < -0.4 is 0 Å². The van der Waals surface area contributed by atoms with E-state index >= 15 is 0 Å². The third kappa shape index (κ3) is 5.01. The van der Waals surface area contributed by atoms with E-state index in [1.165, 1.54) is 4.57 Å². The molecule has 0 aliphatic carbocycles. The standard InChI is InChI=1S/C10H17BrN2O3Si/c1-17(2,3)5-4-16-7-13-6-8(11)12-9(13)10(14)15/h6H,4-5,7H2,1-3H3,(H,14,15). The second-order valence-corrected chi connectivity index (χ2v) is 11.4. The molecule has 0 saturated carbocycles. The van der Waals surface area contributed by atoms with Gasteiger partial charge in [-0.3, -0.25) is 0 Å². The minimum Gasteiger partial charge on any atom is -0.475 e. The van der Waals surface area contributed by atoms with Gasteiger partial charge in [0, 0.05) is 20.9 Å². The largest absolute Gasteiger partial charge is 0.475 e. The summed E-state index contributed by atoms with van der Waals surface area (Å²) in [5.74, 6) is -1.06. The third-order valence-corrected chi connectivity index (χ3v) is 4.25. The zero-order chi connectivity index (χ0) is 13.1. The molecule has 0 aromatic carbocycles. The molecule has 0 bridgehead atoms. The van der Waals surface area contributed by atoms with Gasteiger partial charge in [-0.15, -0.1) is 0 Å². The van der Waals surface area contributed by atoms with E-state index in [-0.39, 0.29) is 12.6 Å². The maximum atomic E-state index is 10.9. The van der Waals surface area contributed by atoms with Crippen LogP contribution in [0.3, 0.4) is 0 Å². The first-order chi connectivity index (χ1) is 7.79. The van der Waals surface area contributed by atoms with Gasteiger partial charge in [0.1, 0.15) is 11.3 Å². The summed E-state index contributed by atoms with van der Waals surface area (Å²) in [6.45, 7) is 7.70. The molecule has 0 unspecified atom stereocenters. The zero-order valence-electron chi connectivity index (χ0n) is 10.2. The first-order valence-electron chi connectivity index (χ1n) is 5.33. The molecule has 1 N–H and O–H groups in total. The van der Waals surface area contributed by atoms with E-state index in [2.05, 4.69) is 40.6 Å². The second kappa shape index (κ2) is 5.79. The number of carboxylic acids is 1. The van der Waals surface area contributed by atoms with Crippen molar-refractivity contribution < 1.29 is 14.6 Å². The molecule has 0 fully saturated rings. The van der Waals surface area contributed by atoms with E-state index < -0.39 is 14.0 Å². The second-order valence-electron chi connectivity index (χ2n) is 5.01. The molecular formula is C10H17BrN2O3Si. The molecule has 1 aromatic heterocycles. The maximum Gasteiger partial charge on any atom is 0.372 e. The number of halogens is 1. The molecular weight excluding hydrogens is 304 g/mol. The summed E-state index contributed by atoms with van der Waals surface area (Å²) in [7, 11) is -1.10. The Morgan fingerprint density at radius 2 is 2.24 bits per heavy atom. The number of aromatic carboxylic acids is 1. The van der Waals surface area contributed by atoms with Crippen molar-refractivity contribution in [2.24, 2.45) is 0 Å². The van der Waals surface area contributed by atoms with Crippen molar-refractivity contribution in [1.29, 1.82) is 0 Å². The van der Waals surface area contributed by atoms with E-state index in [9.17, 15) is 4.79 Å². The average molecular weight is 321 g/mol. The molecule has 0 aliphatic heterocycles. The Morgan fingerprint density at radius 1 is 1.59 bits per heavy atom. The summed E-state index contributed by atoms with van der Waals surface area (Å²) in [5, 5.41) is 8.91. The summed E-state index contributed by atoms with van der Waals surface area (Å²) in [5.41, 5.74) is 0. The predicted molar refractivity (Wildman–Crippen MR) is 71.0 cm³/mol. The Balaban J connectivity index is 2.49. The minimum absolute atomic E-state index is 0.00937. The molecule has 1 aromatic rings. The predicted octanol–water partition coefficient (Wildman–Crippen LogP) is 2.66. The minimum atomic E-state index is -1.10. The van der Waals surface area contributed by atoms with Gasteiger partial charge in [-0.2, -0.15) is 0 Å². The zero-order valence-corrected chi connectivity index (χ0v) is 12.8. The monoisotopic (exact) mass is 320 g/mol. The Labute approximate surface area is 110 Å². The number of aromatic nitrogens is 2. The lowest BCUT2D eigenvalue weighted by molar-refractivity contribution is 0.0613. The molecule has 17 heavy (non-hydrogen) atoms. The third-order valence-electron chi connectivity index (χ3n) is 2.17. The van der Waals surface area contributed by atoms with Crippen molar-refractivity contribution in [3.05, 3.63) is 16.6 Å². The maximum absolute atomic E-state index is 10.9. The normalized spacial score (nSPS) is 11.8. The first-order valence-corrected chi connectivity index (χ1v) is 9.83. The molecule has 0 spiro atoms. The van der Waals surface area contributed by atoms with Crippen molar-refractivity contribution in [3.63, 3.8) is 0 Å². The molecule has 1 rings (SSSR count). The van der Waals surface area contributed by atoms with E-state index in [0.29, 0.717) is 11.2 Å². The highest BCUT2D eigenvalue weighted by Crippen LogP contribution is 2.11. The summed E-state index contributed by atoms with van der Waals surface area (Å²) >= 11 is 3.15. The quantitative estimate of drug-likeness (QED) is 0.646. The summed E-state index contributed by atoms with van der Waals surface area (Å²) in [4.78, 5) is 14.7. The lowest BCUT2D eigenvalue weighted by Gasteiger charge is -2.15. The number of nitrogens with zero attached hydrogens (tertiary/aromatic N) is 2. The van der Waals surface area contributed by atoms with Crippen molar-refractivity contribution in [3.8, 4) is 0 Å². The fourth-order valence-electron chi connectivity index (χ4n) is 1.19. The van der Waals surface area contributed by atoms with Gasteiger partial charge in [-0.25, -0.2) is 9.78 Å². The lowest BCUT2D eigenvalue weighted by Crippen LogP contribution is -2.22. The number of ether oxygens (including phenoxy) is 1. The topological polar surface area (TPSA) is 64.4 Å². The number of carboxylic acid groups (broad SMARTS) is 1. The highest BCUT2D eigenvalue weighted by atomic mass is 79.9. The Hall–Kier alpha value is -0.663. The molecule has 0 amide bonds. The molecule has 0 atom stereocenters. The van der Waals surface area contributed by atoms with Crippen molar-refractivity contribution in [2.45, 2.75) is 32.4 Å². The van der Waals surface area contributed by atoms with Crippen molar-refractivity contribution >= 4 is 30.0 Å². The molecule has 7 heteroatoms. The molecule has 0 radical (unpaired) electrons. The number of imidazole rings is 1. The van der Waals surface area contributed by atoms with Crippen molar-refractivity contribution in [2.75, 3.05) is 6.61 Å². The number of hydrogen-bond acceptors (Lipinski definition) is 3.